The second kappa shape index (κ2) is 6.29. The average Bonchev–Trinajstić information content (AvgIpc) is 3.04. The number of rotatable bonds is 4. The van der Waals surface area contributed by atoms with Crippen molar-refractivity contribution in [3.63, 3.8) is 0 Å². The Kier molecular flexibility index (Phi) is 3.84. The molecule has 1 aliphatic heterocycles. The first kappa shape index (κ1) is 14.6. The Bertz CT molecular complexity index is 878. The van der Waals surface area contributed by atoms with Crippen LogP contribution in [0.1, 0.15) is 23.1 Å². The molecule has 0 aromatic heterocycles. The molecule has 0 amide bonds. The molecule has 3 aromatic rings. The molecule has 24 heavy (non-hydrogen) atoms. The molecular weight excluding hydrogens is 290 g/mol. The van der Waals surface area contributed by atoms with Crippen molar-refractivity contribution < 1.29 is 0 Å². The summed E-state index contributed by atoms with van der Waals surface area (Å²) in [6.45, 7) is 0. The van der Waals surface area contributed by atoms with Gasteiger partial charge >= 0.3 is 0 Å². The van der Waals surface area contributed by atoms with Crippen molar-refractivity contribution in [2.75, 3.05) is 0 Å². The van der Waals surface area contributed by atoms with Gasteiger partial charge in [0.25, 0.3) is 0 Å². The van der Waals surface area contributed by atoms with E-state index in [0.29, 0.717) is 0 Å². The van der Waals surface area contributed by atoms with Crippen LogP contribution in [0.5, 0.6) is 0 Å². The Morgan fingerprint density at radius 1 is 0.750 bits per heavy atom. The fraction of sp³-hybridized carbons (Fsp3) is 0.0870. The smallest absolute Gasteiger partial charge is 0.0671 e. The van der Waals surface area contributed by atoms with E-state index in [-0.39, 0.29) is 5.41 Å². The summed E-state index contributed by atoms with van der Waals surface area (Å²) < 4.78 is 0. The molecule has 0 saturated heterocycles. The number of hydrogen-bond acceptors (Lipinski definition) is 1. The molecule has 0 saturated carbocycles. The molecule has 1 unspecified atom stereocenters. The summed E-state index contributed by atoms with van der Waals surface area (Å²) in [5.41, 5.74) is 4.70. The standard InChI is InChI=1S/C23H19N/c1-3-10-19(11-4-1)12-9-17-23(20-13-5-2-6-14-20)18-24-22-16-8-7-15-21(22)23/h1-16,18H,17H2/b12-9+. The van der Waals surface area contributed by atoms with Gasteiger partial charge in [0.1, 0.15) is 0 Å². The van der Waals surface area contributed by atoms with Crippen LogP contribution in [0.3, 0.4) is 0 Å². The zero-order valence-corrected chi connectivity index (χ0v) is 13.5. The second-order valence-corrected chi connectivity index (χ2v) is 6.13. The van der Waals surface area contributed by atoms with Crippen LogP contribution in [0.4, 0.5) is 5.69 Å². The van der Waals surface area contributed by atoms with Crippen molar-refractivity contribution in [2.45, 2.75) is 11.8 Å². The molecule has 0 bridgehead atoms. The van der Waals surface area contributed by atoms with Gasteiger partial charge < -0.3 is 0 Å². The number of hydrogen-bond donors (Lipinski definition) is 0. The van der Waals surface area contributed by atoms with Crippen LogP contribution in [0, 0.1) is 0 Å². The molecule has 0 fully saturated rings. The van der Waals surface area contributed by atoms with Crippen LogP contribution in [0.25, 0.3) is 6.08 Å². The van der Waals surface area contributed by atoms with Crippen molar-refractivity contribution in [1.82, 2.24) is 0 Å². The fourth-order valence-corrected chi connectivity index (χ4v) is 3.40. The van der Waals surface area contributed by atoms with E-state index in [4.69, 9.17) is 4.99 Å². The number of allylic oxidation sites excluding steroid dienone is 1. The molecule has 1 aliphatic rings. The van der Waals surface area contributed by atoms with Gasteiger partial charge in [0.05, 0.1) is 11.1 Å². The molecular formula is C23H19N. The first-order chi connectivity index (χ1) is 11.9. The average molecular weight is 309 g/mol. The highest BCUT2D eigenvalue weighted by Gasteiger charge is 2.36. The number of benzene rings is 3. The number of aliphatic imine (C=N–C) groups is 1. The van der Waals surface area contributed by atoms with Crippen LogP contribution in [-0.2, 0) is 5.41 Å². The van der Waals surface area contributed by atoms with Crippen LogP contribution in [0.2, 0.25) is 0 Å². The summed E-state index contributed by atoms with van der Waals surface area (Å²) in [6.07, 6.45) is 7.46. The van der Waals surface area contributed by atoms with Crippen LogP contribution in [-0.4, -0.2) is 6.21 Å². The first-order valence-corrected chi connectivity index (χ1v) is 8.30. The third kappa shape index (κ3) is 2.59. The Balaban J connectivity index is 1.74. The van der Waals surface area contributed by atoms with Gasteiger partial charge in [-0.25, -0.2) is 0 Å². The minimum absolute atomic E-state index is 0.177. The summed E-state index contributed by atoms with van der Waals surface area (Å²) >= 11 is 0. The molecule has 0 N–H and O–H groups in total. The van der Waals surface area contributed by atoms with E-state index in [1.54, 1.807) is 0 Å². The maximum atomic E-state index is 4.70. The molecule has 116 valence electrons. The van der Waals surface area contributed by atoms with Crippen molar-refractivity contribution in [3.05, 3.63) is 108 Å². The van der Waals surface area contributed by atoms with Gasteiger partial charge in [0.2, 0.25) is 0 Å². The summed E-state index contributed by atoms with van der Waals surface area (Å²) in [6, 6.07) is 29.6. The Hall–Kier alpha value is -2.93. The zero-order chi connectivity index (χ0) is 16.2. The molecule has 1 atom stereocenters. The van der Waals surface area contributed by atoms with Crippen molar-refractivity contribution in [1.29, 1.82) is 0 Å². The van der Waals surface area contributed by atoms with Gasteiger partial charge in [-0.05, 0) is 29.2 Å². The van der Waals surface area contributed by atoms with E-state index < -0.39 is 0 Å². The molecule has 0 spiro atoms. The number of nitrogens with zero attached hydrogens (tertiary/aromatic N) is 1. The fourth-order valence-electron chi connectivity index (χ4n) is 3.40. The Morgan fingerprint density at radius 3 is 2.21 bits per heavy atom. The van der Waals surface area contributed by atoms with Gasteiger partial charge in [0.15, 0.2) is 0 Å². The quantitative estimate of drug-likeness (QED) is 0.578. The predicted molar refractivity (Wildman–Crippen MR) is 102 cm³/mol. The molecule has 3 aromatic carbocycles. The second-order valence-electron chi connectivity index (χ2n) is 6.13. The van der Waals surface area contributed by atoms with E-state index in [9.17, 15) is 0 Å². The summed E-state index contributed by atoms with van der Waals surface area (Å²) in [5.74, 6) is 0. The van der Waals surface area contributed by atoms with Gasteiger partial charge in [-0.1, -0.05) is 91.0 Å². The first-order valence-electron chi connectivity index (χ1n) is 8.30. The minimum atomic E-state index is -0.177. The third-order valence-electron chi connectivity index (χ3n) is 4.65. The summed E-state index contributed by atoms with van der Waals surface area (Å²) in [5, 5.41) is 0. The monoisotopic (exact) mass is 309 g/mol. The van der Waals surface area contributed by atoms with E-state index in [1.807, 2.05) is 6.07 Å². The molecule has 0 radical (unpaired) electrons. The van der Waals surface area contributed by atoms with E-state index in [0.717, 1.165) is 12.1 Å². The van der Waals surface area contributed by atoms with E-state index in [1.165, 1.54) is 16.7 Å². The number of para-hydroxylation sites is 1. The molecule has 4 rings (SSSR count). The SMILES string of the molecule is C1=Nc2ccccc2C1(C/C=C/c1ccccc1)c1ccccc1. The van der Waals surface area contributed by atoms with Crippen LogP contribution in [0.15, 0.2) is 96.0 Å². The van der Waals surface area contributed by atoms with Crippen molar-refractivity contribution in [2.24, 2.45) is 4.99 Å². The van der Waals surface area contributed by atoms with Gasteiger partial charge in [-0.2, -0.15) is 0 Å². The maximum absolute atomic E-state index is 4.70. The van der Waals surface area contributed by atoms with Crippen LogP contribution >= 0.6 is 0 Å². The third-order valence-corrected chi connectivity index (χ3v) is 4.65. The maximum Gasteiger partial charge on any atom is 0.0671 e. The normalized spacial score (nSPS) is 18.8. The molecule has 1 heteroatoms. The van der Waals surface area contributed by atoms with Crippen molar-refractivity contribution in [3.8, 4) is 0 Å². The van der Waals surface area contributed by atoms with Crippen molar-refractivity contribution >= 4 is 18.0 Å². The topological polar surface area (TPSA) is 12.4 Å². The highest BCUT2D eigenvalue weighted by molar-refractivity contribution is 5.89. The Morgan fingerprint density at radius 2 is 1.42 bits per heavy atom. The lowest BCUT2D eigenvalue weighted by molar-refractivity contribution is 0.730. The van der Waals surface area contributed by atoms with E-state index in [2.05, 4.69) is 97.2 Å². The van der Waals surface area contributed by atoms with Crippen LogP contribution < -0.4 is 0 Å². The lowest BCUT2D eigenvalue weighted by Crippen LogP contribution is -2.26. The summed E-state index contributed by atoms with van der Waals surface area (Å²) in [4.78, 5) is 4.70. The zero-order valence-electron chi connectivity index (χ0n) is 13.5. The lowest BCUT2D eigenvalue weighted by Gasteiger charge is -2.27. The minimum Gasteiger partial charge on any atom is -0.260 e. The van der Waals surface area contributed by atoms with Gasteiger partial charge in [-0.15, -0.1) is 0 Å². The van der Waals surface area contributed by atoms with Gasteiger partial charge in [-0.3, -0.25) is 4.99 Å². The van der Waals surface area contributed by atoms with Gasteiger partial charge in [0, 0.05) is 6.21 Å². The summed E-state index contributed by atoms with van der Waals surface area (Å²) in [7, 11) is 0. The molecule has 0 aliphatic carbocycles. The predicted octanol–water partition coefficient (Wildman–Crippen LogP) is 5.79. The molecule has 1 heterocycles. The van der Waals surface area contributed by atoms with E-state index >= 15 is 0 Å². The number of fused-ring (bicyclic) bond motifs is 1. The Labute approximate surface area is 143 Å². The lowest BCUT2D eigenvalue weighted by atomic mass is 9.73. The highest BCUT2D eigenvalue weighted by Crippen LogP contribution is 2.44. The largest absolute Gasteiger partial charge is 0.260 e. The molecule has 1 nitrogen and oxygen atoms in total. The highest BCUT2D eigenvalue weighted by atomic mass is 14.8.